The van der Waals surface area contributed by atoms with Gasteiger partial charge in [0.15, 0.2) is 0 Å². The van der Waals surface area contributed by atoms with E-state index in [-0.39, 0.29) is 11.5 Å². The van der Waals surface area contributed by atoms with Crippen molar-refractivity contribution in [2.45, 2.75) is 20.8 Å². The van der Waals surface area contributed by atoms with Crippen molar-refractivity contribution in [3.8, 4) is 0 Å². The predicted octanol–water partition coefficient (Wildman–Crippen LogP) is 3.04. The number of aromatic nitrogens is 1. The molecule has 0 atom stereocenters. The van der Waals surface area contributed by atoms with Gasteiger partial charge in [-0.2, -0.15) is 4.37 Å². The molecule has 0 bridgehead atoms. The quantitative estimate of drug-likeness (QED) is 0.946. The maximum atomic E-state index is 12.6. The topological polar surface area (TPSA) is 70.5 Å². The molecule has 0 aliphatic rings. The average molecular weight is 304 g/mol. The van der Waals surface area contributed by atoms with Crippen LogP contribution in [0.4, 0.5) is 5.00 Å². The van der Waals surface area contributed by atoms with E-state index in [4.69, 9.17) is 0 Å². The molecule has 0 saturated heterocycles. The number of carbonyl (C=O) groups excluding carboxylic acids is 1. The summed E-state index contributed by atoms with van der Waals surface area (Å²) in [5.74, 6) is -1.31. The first kappa shape index (κ1) is 15.2. The molecule has 110 valence electrons. The fourth-order valence-electron chi connectivity index (χ4n) is 2.09. The molecule has 0 saturated carbocycles. The highest BCUT2D eigenvalue weighted by molar-refractivity contribution is 7.11. The van der Waals surface area contributed by atoms with Crippen molar-refractivity contribution in [3.05, 3.63) is 46.1 Å². The summed E-state index contributed by atoms with van der Waals surface area (Å²) in [6.07, 6.45) is 0. The van der Waals surface area contributed by atoms with E-state index in [0.717, 1.165) is 22.7 Å². The van der Waals surface area contributed by atoms with E-state index < -0.39 is 5.97 Å². The van der Waals surface area contributed by atoms with Gasteiger partial charge in [0, 0.05) is 12.6 Å². The van der Waals surface area contributed by atoms with Crippen molar-refractivity contribution >= 4 is 28.4 Å². The standard InChI is InChI=1S/C15H16N2O3S/c1-8-6-5-7-11(9(8)2)13(18)17(4)14-12(15(19)20)10(3)16-21-14/h5-7H,1-4H3,(H,19,20). The second-order valence-electron chi connectivity index (χ2n) is 4.86. The minimum Gasteiger partial charge on any atom is -0.478 e. The number of carboxylic acids is 1. The van der Waals surface area contributed by atoms with Crippen molar-refractivity contribution in [1.82, 2.24) is 4.37 Å². The molecule has 1 heterocycles. The Labute approximate surface area is 127 Å². The molecule has 0 aliphatic heterocycles. The molecule has 0 aliphatic carbocycles. The van der Waals surface area contributed by atoms with Crippen LogP contribution in [-0.4, -0.2) is 28.4 Å². The number of hydrogen-bond donors (Lipinski definition) is 1. The number of aryl methyl sites for hydroxylation is 2. The lowest BCUT2D eigenvalue weighted by molar-refractivity contribution is 0.0697. The third kappa shape index (κ3) is 2.67. The molecule has 0 spiro atoms. The summed E-state index contributed by atoms with van der Waals surface area (Å²) in [6.45, 7) is 5.44. The Hall–Kier alpha value is -2.21. The maximum Gasteiger partial charge on any atom is 0.340 e. The fourth-order valence-corrected chi connectivity index (χ4v) is 2.93. The predicted molar refractivity (Wildman–Crippen MR) is 82.5 cm³/mol. The van der Waals surface area contributed by atoms with Gasteiger partial charge in [-0.05, 0) is 49.5 Å². The van der Waals surface area contributed by atoms with Gasteiger partial charge in [0.1, 0.15) is 10.6 Å². The fraction of sp³-hybridized carbons (Fsp3) is 0.267. The Balaban J connectivity index is 2.45. The van der Waals surface area contributed by atoms with E-state index in [0.29, 0.717) is 16.3 Å². The van der Waals surface area contributed by atoms with Gasteiger partial charge in [0.25, 0.3) is 5.91 Å². The Kier molecular flexibility index (Phi) is 4.09. The first-order chi connectivity index (χ1) is 9.84. The van der Waals surface area contributed by atoms with Crippen LogP contribution in [0.3, 0.4) is 0 Å². The number of amides is 1. The summed E-state index contributed by atoms with van der Waals surface area (Å²) in [5.41, 5.74) is 2.99. The summed E-state index contributed by atoms with van der Waals surface area (Å²) in [6, 6.07) is 5.50. The highest BCUT2D eigenvalue weighted by atomic mass is 32.1. The molecule has 2 rings (SSSR count). The zero-order chi connectivity index (χ0) is 15.7. The van der Waals surface area contributed by atoms with Crippen LogP contribution in [0.2, 0.25) is 0 Å². The SMILES string of the molecule is Cc1cccc(C(=O)N(C)c2snc(C)c2C(=O)O)c1C. The number of rotatable bonds is 3. The molecule has 2 aromatic rings. The van der Waals surface area contributed by atoms with Crippen molar-refractivity contribution in [2.24, 2.45) is 0 Å². The second kappa shape index (κ2) is 5.65. The minimum absolute atomic E-state index is 0.0844. The summed E-state index contributed by atoms with van der Waals surface area (Å²) in [7, 11) is 1.57. The Morgan fingerprint density at radius 3 is 2.52 bits per heavy atom. The summed E-state index contributed by atoms with van der Waals surface area (Å²) in [5, 5.41) is 9.62. The molecule has 21 heavy (non-hydrogen) atoms. The third-order valence-corrected chi connectivity index (χ3v) is 4.52. The summed E-state index contributed by atoms with van der Waals surface area (Å²) >= 11 is 1.02. The Morgan fingerprint density at radius 1 is 1.24 bits per heavy atom. The van der Waals surface area contributed by atoms with Crippen LogP contribution < -0.4 is 4.90 Å². The summed E-state index contributed by atoms with van der Waals surface area (Å²) in [4.78, 5) is 25.3. The highest BCUT2D eigenvalue weighted by Crippen LogP contribution is 2.29. The zero-order valence-corrected chi connectivity index (χ0v) is 13.1. The number of carboxylic acid groups (broad SMARTS) is 1. The molecule has 1 aromatic heterocycles. The van der Waals surface area contributed by atoms with Gasteiger partial charge < -0.3 is 10.0 Å². The molecule has 1 amide bonds. The van der Waals surface area contributed by atoms with Crippen LogP contribution in [0.15, 0.2) is 18.2 Å². The van der Waals surface area contributed by atoms with Gasteiger partial charge >= 0.3 is 5.97 Å². The Morgan fingerprint density at radius 2 is 1.90 bits per heavy atom. The number of nitrogens with zero attached hydrogens (tertiary/aromatic N) is 2. The lowest BCUT2D eigenvalue weighted by Crippen LogP contribution is -2.27. The normalized spacial score (nSPS) is 10.5. The van der Waals surface area contributed by atoms with Crippen molar-refractivity contribution in [2.75, 3.05) is 11.9 Å². The Bertz CT molecular complexity index is 722. The number of hydrogen-bond acceptors (Lipinski definition) is 4. The molecular weight excluding hydrogens is 288 g/mol. The molecule has 0 fully saturated rings. The number of aromatic carboxylic acids is 1. The van der Waals surface area contributed by atoms with Gasteiger partial charge in [-0.25, -0.2) is 4.79 Å². The van der Waals surface area contributed by atoms with Gasteiger partial charge in [-0.3, -0.25) is 4.79 Å². The molecule has 5 nitrogen and oxygen atoms in total. The highest BCUT2D eigenvalue weighted by Gasteiger charge is 2.25. The second-order valence-corrected chi connectivity index (χ2v) is 5.62. The van der Waals surface area contributed by atoms with Crippen LogP contribution in [-0.2, 0) is 0 Å². The van der Waals surface area contributed by atoms with Crippen molar-refractivity contribution in [1.29, 1.82) is 0 Å². The third-order valence-electron chi connectivity index (χ3n) is 3.50. The molecule has 1 N–H and O–H groups in total. The monoisotopic (exact) mass is 304 g/mol. The van der Waals surface area contributed by atoms with Crippen LogP contribution >= 0.6 is 11.5 Å². The average Bonchev–Trinajstić information content (AvgIpc) is 2.82. The largest absolute Gasteiger partial charge is 0.478 e. The van der Waals surface area contributed by atoms with E-state index in [2.05, 4.69) is 4.37 Å². The van der Waals surface area contributed by atoms with Gasteiger partial charge in [0.05, 0.1) is 5.69 Å². The van der Waals surface area contributed by atoms with Crippen molar-refractivity contribution in [3.63, 3.8) is 0 Å². The van der Waals surface area contributed by atoms with Crippen LogP contribution in [0.25, 0.3) is 0 Å². The lowest BCUT2D eigenvalue weighted by atomic mass is 10.0. The molecule has 1 aromatic carbocycles. The molecule has 6 heteroatoms. The maximum absolute atomic E-state index is 12.6. The molecular formula is C15H16N2O3S. The van der Waals surface area contributed by atoms with E-state index in [1.165, 1.54) is 4.90 Å². The van der Waals surface area contributed by atoms with Crippen LogP contribution in [0.1, 0.15) is 37.5 Å². The zero-order valence-electron chi connectivity index (χ0n) is 12.3. The first-order valence-electron chi connectivity index (χ1n) is 6.38. The van der Waals surface area contributed by atoms with Crippen LogP contribution in [0, 0.1) is 20.8 Å². The number of anilines is 1. The van der Waals surface area contributed by atoms with Gasteiger partial charge in [0.2, 0.25) is 0 Å². The lowest BCUT2D eigenvalue weighted by Gasteiger charge is -2.17. The summed E-state index contributed by atoms with van der Waals surface area (Å²) < 4.78 is 4.04. The van der Waals surface area contributed by atoms with Crippen molar-refractivity contribution < 1.29 is 14.7 Å². The van der Waals surface area contributed by atoms with Crippen LogP contribution in [0.5, 0.6) is 0 Å². The smallest absolute Gasteiger partial charge is 0.340 e. The van der Waals surface area contributed by atoms with E-state index >= 15 is 0 Å². The van der Waals surface area contributed by atoms with E-state index in [9.17, 15) is 14.7 Å². The van der Waals surface area contributed by atoms with E-state index in [1.54, 1.807) is 20.0 Å². The van der Waals surface area contributed by atoms with Gasteiger partial charge in [-0.1, -0.05) is 12.1 Å². The molecule has 0 unspecified atom stereocenters. The van der Waals surface area contributed by atoms with E-state index in [1.807, 2.05) is 26.0 Å². The first-order valence-corrected chi connectivity index (χ1v) is 7.15. The number of benzene rings is 1. The molecule has 0 radical (unpaired) electrons. The van der Waals surface area contributed by atoms with Gasteiger partial charge in [-0.15, -0.1) is 0 Å². The number of carbonyl (C=O) groups is 2. The minimum atomic E-state index is -1.07.